The van der Waals surface area contributed by atoms with E-state index in [0.717, 1.165) is 13.0 Å². The molecule has 0 spiro atoms. The van der Waals surface area contributed by atoms with Gasteiger partial charge < -0.3 is 10.4 Å². The summed E-state index contributed by atoms with van der Waals surface area (Å²) in [5.41, 5.74) is 2.75. The molecule has 0 saturated heterocycles. The van der Waals surface area contributed by atoms with Gasteiger partial charge >= 0.3 is 0 Å². The van der Waals surface area contributed by atoms with E-state index in [0.29, 0.717) is 17.7 Å². The fourth-order valence-corrected chi connectivity index (χ4v) is 3.53. The van der Waals surface area contributed by atoms with Crippen LogP contribution in [0, 0.1) is 0 Å². The zero-order valence-corrected chi connectivity index (χ0v) is 13.6. The highest BCUT2D eigenvalue weighted by Crippen LogP contribution is 2.33. The van der Waals surface area contributed by atoms with Crippen molar-refractivity contribution in [1.29, 1.82) is 0 Å². The van der Waals surface area contributed by atoms with Crippen LogP contribution in [0.2, 0.25) is 0 Å². The smallest absolute Gasteiger partial charge is 0.115 e. The van der Waals surface area contributed by atoms with Crippen molar-refractivity contribution in [3.05, 3.63) is 59.9 Å². The SMILES string of the molecule is Oc1ccc([C@H]2CC[C@H](NCCCc3ccncc3)CC2)cc1. The molecular formula is C20H26N2O. The first-order valence-electron chi connectivity index (χ1n) is 8.72. The van der Waals surface area contributed by atoms with Gasteiger partial charge in [0.2, 0.25) is 0 Å². The molecule has 3 nitrogen and oxygen atoms in total. The van der Waals surface area contributed by atoms with Crippen molar-refractivity contribution in [1.82, 2.24) is 10.3 Å². The first-order valence-corrected chi connectivity index (χ1v) is 8.72. The topological polar surface area (TPSA) is 45.1 Å². The number of hydrogen-bond acceptors (Lipinski definition) is 3. The standard InChI is InChI=1S/C20H26N2O/c23-20-9-5-18(6-10-20)17-3-7-19(8-4-17)22-13-1-2-16-11-14-21-15-12-16/h5-6,9-12,14-15,17,19,22-23H,1-4,7-8,13H2/t17-,19-. The second-order valence-corrected chi connectivity index (χ2v) is 6.55. The molecule has 1 heterocycles. The van der Waals surface area contributed by atoms with Gasteiger partial charge in [-0.25, -0.2) is 0 Å². The van der Waals surface area contributed by atoms with E-state index in [1.165, 1.54) is 43.2 Å². The summed E-state index contributed by atoms with van der Waals surface area (Å²) >= 11 is 0. The molecule has 1 aromatic heterocycles. The van der Waals surface area contributed by atoms with Crippen LogP contribution in [-0.2, 0) is 6.42 Å². The van der Waals surface area contributed by atoms with Crippen LogP contribution in [-0.4, -0.2) is 22.7 Å². The van der Waals surface area contributed by atoms with E-state index in [-0.39, 0.29) is 0 Å². The number of hydrogen-bond donors (Lipinski definition) is 2. The van der Waals surface area contributed by atoms with E-state index in [1.54, 1.807) is 12.1 Å². The number of aromatic nitrogens is 1. The van der Waals surface area contributed by atoms with Crippen molar-refractivity contribution in [2.75, 3.05) is 6.54 Å². The van der Waals surface area contributed by atoms with Gasteiger partial charge in [0.25, 0.3) is 0 Å². The van der Waals surface area contributed by atoms with Gasteiger partial charge in [-0.2, -0.15) is 0 Å². The van der Waals surface area contributed by atoms with Gasteiger partial charge in [-0.1, -0.05) is 12.1 Å². The predicted octanol–water partition coefficient (Wildman–Crippen LogP) is 4.04. The Kier molecular flexibility index (Phi) is 5.65. The number of pyridine rings is 1. The molecule has 122 valence electrons. The van der Waals surface area contributed by atoms with E-state index >= 15 is 0 Å². The van der Waals surface area contributed by atoms with Crippen LogP contribution >= 0.6 is 0 Å². The molecule has 1 saturated carbocycles. The Morgan fingerprint density at radius 2 is 1.65 bits per heavy atom. The Labute approximate surface area is 138 Å². The lowest BCUT2D eigenvalue weighted by Crippen LogP contribution is -2.33. The maximum atomic E-state index is 9.39. The second kappa shape index (κ2) is 8.11. The van der Waals surface area contributed by atoms with E-state index in [4.69, 9.17) is 0 Å². The average Bonchev–Trinajstić information content (AvgIpc) is 2.61. The Morgan fingerprint density at radius 3 is 2.35 bits per heavy atom. The molecule has 0 bridgehead atoms. The third-order valence-corrected chi connectivity index (χ3v) is 4.92. The molecular weight excluding hydrogens is 284 g/mol. The van der Waals surface area contributed by atoms with Crippen molar-refractivity contribution < 1.29 is 5.11 Å². The number of nitrogens with one attached hydrogen (secondary N) is 1. The largest absolute Gasteiger partial charge is 0.508 e. The molecule has 2 aromatic rings. The maximum Gasteiger partial charge on any atom is 0.115 e. The second-order valence-electron chi connectivity index (χ2n) is 6.55. The number of aromatic hydroxyl groups is 1. The van der Waals surface area contributed by atoms with Gasteiger partial charge in [0.05, 0.1) is 0 Å². The monoisotopic (exact) mass is 310 g/mol. The summed E-state index contributed by atoms with van der Waals surface area (Å²) < 4.78 is 0. The lowest BCUT2D eigenvalue weighted by Gasteiger charge is -2.29. The normalized spacial score (nSPS) is 21.2. The van der Waals surface area contributed by atoms with E-state index in [9.17, 15) is 5.11 Å². The van der Waals surface area contributed by atoms with Crippen LogP contribution in [0.1, 0.15) is 49.1 Å². The number of phenols is 1. The summed E-state index contributed by atoms with van der Waals surface area (Å²) in [6, 6.07) is 12.6. The molecule has 3 heteroatoms. The highest BCUT2D eigenvalue weighted by Gasteiger charge is 2.21. The Hall–Kier alpha value is -1.87. The van der Waals surface area contributed by atoms with E-state index in [1.807, 2.05) is 12.4 Å². The summed E-state index contributed by atoms with van der Waals surface area (Å²) in [5, 5.41) is 13.1. The molecule has 0 radical (unpaired) electrons. The minimum absolute atomic E-state index is 0.360. The maximum absolute atomic E-state index is 9.39. The first-order chi connectivity index (χ1) is 11.3. The van der Waals surface area contributed by atoms with E-state index in [2.05, 4.69) is 34.6 Å². The molecule has 1 aromatic carbocycles. The van der Waals surface area contributed by atoms with Crippen LogP contribution in [0.3, 0.4) is 0 Å². The molecule has 0 unspecified atom stereocenters. The molecule has 1 fully saturated rings. The molecule has 23 heavy (non-hydrogen) atoms. The van der Waals surface area contributed by atoms with Crippen molar-refractivity contribution in [2.45, 2.75) is 50.5 Å². The number of aryl methyl sites for hydroxylation is 1. The number of phenolic OH excluding ortho intramolecular Hbond substituents is 1. The minimum atomic E-state index is 0.360. The van der Waals surface area contributed by atoms with Crippen LogP contribution in [0.4, 0.5) is 0 Å². The quantitative estimate of drug-likeness (QED) is 0.792. The fourth-order valence-electron chi connectivity index (χ4n) is 3.53. The molecule has 0 amide bonds. The molecule has 3 rings (SSSR count). The van der Waals surface area contributed by atoms with Gasteiger partial charge in [0.1, 0.15) is 5.75 Å². The fraction of sp³-hybridized carbons (Fsp3) is 0.450. The van der Waals surface area contributed by atoms with Crippen molar-refractivity contribution in [3.8, 4) is 5.75 Å². The molecule has 1 aliphatic rings. The summed E-state index contributed by atoms with van der Waals surface area (Å²) in [7, 11) is 0. The van der Waals surface area contributed by atoms with Crippen LogP contribution in [0.5, 0.6) is 5.75 Å². The highest BCUT2D eigenvalue weighted by atomic mass is 16.3. The average molecular weight is 310 g/mol. The zero-order chi connectivity index (χ0) is 15.9. The lowest BCUT2D eigenvalue weighted by molar-refractivity contribution is 0.342. The van der Waals surface area contributed by atoms with Crippen molar-refractivity contribution in [2.24, 2.45) is 0 Å². The van der Waals surface area contributed by atoms with Gasteiger partial charge in [0.15, 0.2) is 0 Å². The lowest BCUT2D eigenvalue weighted by atomic mass is 9.81. The van der Waals surface area contributed by atoms with Gasteiger partial charge in [0, 0.05) is 18.4 Å². The van der Waals surface area contributed by atoms with E-state index < -0.39 is 0 Å². The Morgan fingerprint density at radius 1 is 0.957 bits per heavy atom. The van der Waals surface area contributed by atoms with Crippen LogP contribution in [0.15, 0.2) is 48.8 Å². The summed E-state index contributed by atoms with van der Waals surface area (Å²) in [4.78, 5) is 4.05. The molecule has 1 aliphatic carbocycles. The Balaban J connectivity index is 1.35. The van der Waals surface area contributed by atoms with Crippen molar-refractivity contribution in [3.63, 3.8) is 0 Å². The predicted molar refractivity (Wildman–Crippen MR) is 93.7 cm³/mol. The van der Waals surface area contributed by atoms with Gasteiger partial charge in [-0.05, 0) is 86.4 Å². The van der Waals surface area contributed by atoms with Gasteiger partial charge in [-0.15, -0.1) is 0 Å². The molecule has 2 N–H and O–H groups in total. The van der Waals surface area contributed by atoms with Crippen LogP contribution < -0.4 is 5.32 Å². The number of rotatable bonds is 6. The third kappa shape index (κ3) is 4.80. The molecule has 0 atom stereocenters. The molecule has 0 aliphatic heterocycles. The number of nitrogens with zero attached hydrogens (tertiary/aromatic N) is 1. The van der Waals surface area contributed by atoms with Crippen LogP contribution in [0.25, 0.3) is 0 Å². The summed E-state index contributed by atoms with van der Waals surface area (Å²) in [6.07, 6.45) is 11.0. The Bertz CT molecular complexity index is 574. The first kappa shape index (κ1) is 16.0. The summed E-state index contributed by atoms with van der Waals surface area (Å²) in [5.74, 6) is 1.02. The zero-order valence-electron chi connectivity index (χ0n) is 13.6. The number of benzene rings is 1. The third-order valence-electron chi connectivity index (χ3n) is 4.92. The highest BCUT2D eigenvalue weighted by molar-refractivity contribution is 5.28. The van der Waals surface area contributed by atoms with Crippen molar-refractivity contribution >= 4 is 0 Å². The summed E-state index contributed by atoms with van der Waals surface area (Å²) in [6.45, 7) is 1.09. The minimum Gasteiger partial charge on any atom is -0.508 e. The van der Waals surface area contributed by atoms with Gasteiger partial charge in [-0.3, -0.25) is 4.98 Å².